The minimum Gasteiger partial charge on any atom is -0.383 e. The molecular formula is C14H17BrFN3. The molecular weight excluding hydrogens is 309 g/mol. The van der Waals surface area contributed by atoms with Crippen molar-refractivity contribution in [2.24, 2.45) is 5.92 Å². The zero-order valence-corrected chi connectivity index (χ0v) is 12.8. The number of nitrogen functional groups attached to an aromatic ring is 1. The molecule has 0 fully saturated rings. The number of aryl methyl sites for hydroxylation is 1. The summed E-state index contributed by atoms with van der Waals surface area (Å²) in [6, 6.07) is 4.52. The number of anilines is 1. The normalized spacial score (nSPS) is 11.3. The second-order valence-corrected chi connectivity index (χ2v) is 5.88. The number of halogens is 2. The van der Waals surface area contributed by atoms with Crippen LogP contribution in [0.4, 0.5) is 10.2 Å². The summed E-state index contributed by atoms with van der Waals surface area (Å²) in [5.41, 5.74) is 7.47. The highest BCUT2D eigenvalue weighted by atomic mass is 79.9. The first-order valence-corrected chi connectivity index (χ1v) is 6.97. The Balaban J connectivity index is 2.54. The van der Waals surface area contributed by atoms with Crippen LogP contribution in [0.2, 0.25) is 0 Å². The van der Waals surface area contributed by atoms with E-state index in [1.807, 2.05) is 11.5 Å². The van der Waals surface area contributed by atoms with E-state index in [9.17, 15) is 4.39 Å². The molecule has 2 N–H and O–H groups in total. The van der Waals surface area contributed by atoms with Gasteiger partial charge in [0.2, 0.25) is 0 Å². The Morgan fingerprint density at radius 1 is 1.42 bits per heavy atom. The summed E-state index contributed by atoms with van der Waals surface area (Å²) in [5.74, 6) is 1.60. The van der Waals surface area contributed by atoms with Gasteiger partial charge < -0.3 is 10.3 Å². The molecule has 0 saturated heterocycles. The number of nitrogens with two attached hydrogens (primary N) is 1. The van der Waals surface area contributed by atoms with Crippen LogP contribution in [0.1, 0.15) is 19.7 Å². The molecule has 1 aromatic heterocycles. The van der Waals surface area contributed by atoms with E-state index in [2.05, 4.69) is 34.8 Å². The smallest absolute Gasteiger partial charge is 0.131 e. The fourth-order valence-corrected chi connectivity index (χ4v) is 2.49. The van der Waals surface area contributed by atoms with Crippen LogP contribution in [0.5, 0.6) is 0 Å². The topological polar surface area (TPSA) is 43.8 Å². The molecule has 0 aliphatic rings. The summed E-state index contributed by atoms with van der Waals surface area (Å²) in [4.78, 5) is 4.48. The predicted octanol–water partition coefficient (Wildman–Crippen LogP) is 4.00. The van der Waals surface area contributed by atoms with Crippen molar-refractivity contribution in [2.45, 2.75) is 27.3 Å². The maximum absolute atomic E-state index is 13.4. The molecule has 0 radical (unpaired) electrons. The highest BCUT2D eigenvalue weighted by Crippen LogP contribution is 2.33. The lowest BCUT2D eigenvalue weighted by molar-refractivity contribution is 0.518. The number of rotatable bonds is 3. The zero-order valence-electron chi connectivity index (χ0n) is 11.2. The average Bonchev–Trinajstić information content (AvgIpc) is 2.60. The highest BCUT2D eigenvalue weighted by molar-refractivity contribution is 9.10. The summed E-state index contributed by atoms with van der Waals surface area (Å²) in [6.07, 6.45) is 0. The molecule has 1 aromatic carbocycles. The van der Waals surface area contributed by atoms with Crippen LogP contribution in [0.3, 0.4) is 0 Å². The molecule has 0 saturated carbocycles. The van der Waals surface area contributed by atoms with Crippen molar-refractivity contribution in [1.82, 2.24) is 9.55 Å². The van der Waals surface area contributed by atoms with Gasteiger partial charge in [-0.2, -0.15) is 0 Å². The summed E-state index contributed by atoms with van der Waals surface area (Å²) in [7, 11) is 0. The Bertz CT molecular complexity index is 605. The summed E-state index contributed by atoms with van der Waals surface area (Å²) in [5, 5.41) is 0. The molecule has 0 aliphatic heterocycles. The lowest BCUT2D eigenvalue weighted by atomic mass is 10.1. The molecule has 5 heteroatoms. The van der Waals surface area contributed by atoms with Crippen molar-refractivity contribution in [1.29, 1.82) is 0 Å². The van der Waals surface area contributed by atoms with Crippen LogP contribution in [-0.4, -0.2) is 9.55 Å². The van der Waals surface area contributed by atoms with Gasteiger partial charge in [0, 0.05) is 16.6 Å². The predicted molar refractivity (Wildman–Crippen MR) is 79.3 cm³/mol. The molecule has 0 unspecified atom stereocenters. The fourth-order valence-electron chi connectivity index (χ4n) is 2.05. The van der Waals surface area contributed by atoms with Crippen LogP contribution in [0, 0.1) is 18.7 Å². The number of aromatic nitrogens is 2. The van der Waals surface area contributed by atoms with Gasteiger partial charge >= 0.3 is 0 Å². The maximum Gasteiger partial charge on any atom is 0.131 e. The monoisotopic (exact) mass is 325 g/mol. The van der Waals surface area contributed by atoms with Crippen LogP contribution in [0.25, 0.3) is 11.3 Å². The molecule has 0 spiro atoms. The van der Waals surface area contributed by atoms with Crippen LogP contribution in [0.15, 0.2) is 22.7 Å². The van der Waals surface area contributed by atoms with Crippen molar-refractivity contribution in [3.05, 3.63) is 34.3 Å². The van der Waals surface area contributed by atoms with E-state index < -0.39 is 0 Å². The largest absolute Gasteiger partial charge is 0.383 e. The Labute approximate surface area is 120 Å². The van der Waals surface area contributed by atoms with Crippen molar-refractivity contribution in [3.8, 4) is 11.3 Å². The van der Waals surface area contributed by atoms with E-state index in [1.54, 1.807) is 6.07 Å². The van der Waals surface area contributed by atoms with Gasteiger partial charge in [0.05, 0.1) is 0 Å². The van der Waals surface area contributed by atoms with Gasteiger partial charge in [-0.15, -0.1) is 0 Å². The summed E-state index contributed by atoms with van der Waals surface area (Å²) in [6.45, 7) is 6.96. The third-order valence-electron chi connectivity index (χ3n) is 2.93. The lowest BCUT2D eigenvalue weighted by Crippen LogP contribution is -2.09. The molecule has 0 atom stereocenters. The quantitative estimate of drug-likeness (QED) is 0.926. The van der Waals surface area contributed by atoms with E-state index in [1.165, 1.54) is 12.1 Å². The van der Waals surface area contributed by atoms with E-state index in [-0.39, 0.29) is 5.82 Å². The first kappa shape index (κ1) is 14.1. The van der Waals surface area contributed by atoms with Crippen molar-refractivity contribution in [3.63, 3.8) is 0 Å². The first-order chi connectivity index (χ1) is 8.90. The Kier molecular flexibility index (Phi) is 3.94. The second kappa shape index (κ2) is 5.33. The number of hydrogen-bond acceptors (Lipinski definition) is 2. The van der Waals surface area contributed by atoms with Gasteiger partial charge in [0.25, 0.3) is 0 Å². The fraction of sp³-hybridized carbons (Fsp3) is 0.357. The molecule has 2 rings (SSSR count). The third-order valence-corrected chi connectivity index (χ3v) is 3.62. The lowest BCUT2D eigenvalue weighted by Gasteiger charge is -2.10. The van der Waals surface area contributed by atoms with Gasteiger partial charge in [-0.05, 0) is 31.0 Å². The van der Waals surface area contributed by atoms with E-state index in [4.69, 9.17) is 5.73 Å². The third kappa shape index (κ3) is 2.81. The van der Waals surface area contributed by atoms with E-state index >= 15 is 0 Å². The molecule has 3 nitrogen and oxygen atoms in total. The van der Waals surface area contributed by atoms with E-state index in [0.717, 1.165) is 16.8 Å². The molecule has 0 bridgehead atoms. The molecule has 1 heterocycles. The Hall–Kier alpha value is -1.36. The van der Waals surface area contributed by atoms with Crippen molar-refractivity contribution in [2.75, 3.05) is 5.73 Å². The minimum absolute atomic E-state index is 0.298. The van der Waals surface area contributed by atoms with E-state index in [0.29, 0.717) is 23.0 Å². The molecule has 102 valence electrons. The van der Waals surface area contributed by atoms with Crippen LogP contribution >= 0.6 is 15.9 Å². The van der Waals surface area contributed by atoms with Gasteiger partial charge in [-0.25, -0.2) is 9.37 Å². The first-order valence-electron chi connectivity index (χ1n) is 6.18. The summed E-state index contributed by atoms with van der Waals surface area (Å²) >= 11 is 3.41. The highest BCUT2D eigenvalue weighted by Gasteiger charge is 2.16. The number of hydrogen-bond donors (Lipinski definition) is 1. The van der Waals surface area contributed by atoms with Crippen LogP contribution in [-0.2, 0) is 6.54 Å². The summed E-state index contributed by atoms with van der Waals surface area (Å²) < 4.78 is 16.1. The SMILES string of the molecule is Cc1nc(-c2cc(F)ccc2Br)c(N)n1CC(C)C. The maximum atomic E-state index is 13.4. The van der Waals surface area contributed by atoms with Gasteiger partial charge in [-0.1, -0.05) is 29.8 Å². The molecule has 0 amide bonds. The van der Waals surface area contributed by atoms with Crippen molar-refractivity contribution >= 4 is 21.7 Å². The number of nitrogens with zero attached hydrogens (tertiary/aromatic N) is 2. The second-order valence-electron chi connectivity index (χ2n) is 5.02. The molecule has 2 aromatic rings. The zero-order chi connectivity index (χ0) is 14.2. The Morgan fingerprint density at radius 2 is 2.11 bits per heavy atom. The van der Waals surface area contributed by atoms with Crippen molar-refractivity contribution < 1.29 is 4.39 Å². The van der Waals surface area contributed by atoms with Gasteiger partial charge in [0.1, 0.15) is 23.2 Å². The van der Waals surface area contributed by atoms with Gasteiger partial charge in [-0.3, -0.25) is 0 Å². The molecule has 19 heavy (non-hydrogen) atoms. The number of benzene rings is 1. The Morgan fingerprint density at radius 3 is 2.74 bits per heavy atom. The number of imidazole rings is 1. The van der Waals surface area contributed by atoms with Crippen LogP contribution < -0.4 is 5.73 Å². The standard InChI is InChI=1S/C14H17BrFN3/c1-8(2)7-19-9(3)18-13(14(19)17)11-6-10(16)4-5-12(11)15/h4-6,8H,7,17H2,1-3H3. The minimum atomic E-state index is -0.298. The average molecular weight is 326 g/mol. The molecule has 0 aliphatic carbocycles. The van der Waals surface area contributed by atoms with Gasteiger partial charge in [0.15, 0.2) is 0 Å².